The molecule has 2 aliphatic heterocycles. The van der Waals surface area contributed by atoms with E-state index in [2.05, 4.69) is 44.9 Å². The first-order valence-corrected chi connectivity index (χ1v) is 12.6. The summed E-state index contributed by atoms with van der Waals surface area (Å²) < 4.78 is 0. The maximum Gasteiger partial charge on any atom is 0.236 e. The maximum atomic E-state index is 11.9. The Morgan fingerprint density at radius 3 is 2.69 bits per heavy atom. The number of aromatic nitrogens is 2. The Labute approximate surface area is 212 Å². The number of aldehydes is 1. The van der Waals surface area contributed by atoms with Crippen molar-refractivity contribution >= 4 is 29.5 Å². The van der Waals surface area contributed by atoms with Gasteiger partial charge in [0.15, 0.2) is 5.82 Å². The number of rotatable bonds is 9. The van der Waals surface area contributed by atoms with Gasteiger partial charge in [-0.15, -0.1) is 0 Å². The Morgan fingerprint density at radius 1 is 1.19 bits per heavy atom. The Kier molecular flexibility index (Phi) is 8.81. The van der Waals surface area contributed by atoms with E-state index in [0.29, 0.717) is 31.4 Å². The van der Waals surface area contributed by atoms with Crippen LogP contribution in [0, 0.1) is 11.3 Å². The largest absolute Gasteiger partial charge is 0.354 e. The lowest BCUT2D eigenvalue weighted by molar-refractivity contribution is -0.131. The second-order valence-electron chi connectivity index (χ2n) is 9.46. The highest BCUT2D eigenvalue weighted by Gasteiger charge is 2.24. The summed E-state index contributed by atoms with van der Waals surface area (Å²) in [6, 6.07) is 10.6. The molecule has 0 bridgehead atoms. The molecule has 2 aliphatic rings. The number of nitrogens with one attached hydrogen (secondary N) is 2. The van der Waals surface area contributed by atoms with Crippen molar-refractivity contribution in [2.75, 3.05) is 50.0 Å². The van der Waals surface area contributed by atoms with Gasteiger partial charge in [0.05, 0.1) is 25.0 Å². The lowest BCUT2D eigenvalue weighted by Crippen LogP contribution is -2.51. The van der Waals surface area contributed by atoms with Gasteiger partial charge in [0, 0.05) is 45.0 Å². The Bertz CT molecular complexity index is 1060. The lowest BCUT2D eigenvalue weighted by Gasteiger charge is -2.35. The number of likely N-dealkylation sites (N-methyl/N-ethyl adjacent to an activating group) is 1. The van der Waals surface area contributed by atoms with Crippen LogP contribution in [0.1, 0.15) is 43.6 Å². The summed E-state index contributed by atoms with van der Waals surface area (Å²) in [4.78, 5) is 35.9. The molecule has 3 heterocycles. The van der Waals surface area contributed by atoms with Crippen LogP contribution < -0.4 is 15.6 Å². The molecule has 0 radical (unpaired) electrons. The first-order valence-electron chi connectivity index (χ1n) is 12.6. The standard InChI is InChI=1S/C26H34N8O2/c1-32(15-16-35)31-23-3-2-12-34(19-23)25-18-28-17-24(30-25)29-22-6-4-20(5-7-22)21-9-13-33(14-10-21)26(36)8-11-27/h4-7,16-18,21,23,31H,2-3,8-10,12-15,19H2,1H3,(H,29,30)/t23-/m1/s1. The quantitative estimate of drug-likeness (QED) is 0.404. The van der Waals surface area contributed by atoms with Crippen LogP contribution in [0.3, 0.4) is 0 Å². The smallest absolute Gasteiger partial charge is 0.236 e. The van der Waals surface area contributed by atoms with Crippen molar-refractivity contribution < 1.29 is 9.59 Å². The number of nitriles is 1. The molecule has 1 aromatic carbocycles. The molecule has 2 fully saturated rings. The highest BCUT2D eigenvalue weighted by Crippen LogP contribution is 2.29. The van der Waals surface area contributed by atoms with Gasteiger partial charge in [0.25, 0.3) is 0 Å². The van der Waals surface area contributed by atoms with E-state index in [1.54, 1.807) is 17.3 Å². The van der Waals surface area contributed by atoms with Crippen molar-refractivity contribution in [1.29, 1.82) is 5.26 Å². The topological polar surface area (TPSA) is 117 Å². The second kappa shape index (κ2) is 12.4. The van der Waals surface area contributed by atoms with Crippen LogP contribution in [-0.2, 0) is 9.59 Å². The monoisotopic (exact) mass is 490 g/mol. The van der Waals surface area contributed by atoms with E-state index in [4.69, 9.17) is 10.2 Å². The van der Waals surface area contributed by atoms with Gasteiger partial charge in [-0.2, -0.15) is 5.26 Å². The van der Waals surface area contributed by atoms with Crippen molar-refractivity contribution in [1.82, 2.24) is 25.3 Å². The minimum atomic E-state index is -0.0691. The Morgan fingerprint density at radius 2 is 1.97 bits per heavy atom. The predicted octanol–water partition coefficient (Wildman–Crippen LogP) is 2.44. The number of hydrogen-bond acceptors (Lipinski definition) is 9. The highest BCUT2D eigenvalue weighted by molar-refractivity contribution is 5.78. The number of hydrogen-bond donors (Lipinski definition) is 2. The van der Waals surface area contributed by atoms with Crippen molar-refractivity contribution in [2.45, 2.75) is 44.1 Å². The molecule has 0 unspecified atom stereocenters. The molecule has 190 valence electrons. The van der Waals surface area contributed by atoms with Crippen LogP contribution in [0.4, 0.5) is 17.3 Å². The van der Waals surface area contributed by atoms with Crippen LogP contribution in [0.15, 0.2) is 36.7 Å². The van der Waals surface area contributed by atoms with Crippen molar-refractivity contribution in [3.63, 3.8) is 0 Å². The molecule has 2 saturated heterocycles. The number of carbonyl (C=O) groups is 2. The SMILES string of the molecule is CN(CC=O)N[C@@H]1CCCN(c2cncc(Nc3ccc(C4CCN(C(=O)CC#N)CC4)cc3)n2)C1. The zero-order chi connectivity index (χ0) is 25.3. The summed E-state index contributed by atoms with van der Waals surface area (Å²) in [7, 11) is 1.88. The van der Waals surface area contributed by atoms with Crippen LogP contribution in [-0.4, -0.2) is 77.9 Å². The van der Waals surface area contributed by atoms with Gasteiger partial charge in [-0.05, 0) is 49.3 Å². The second-order valence-corrected chi connectivity index (χ2v) is 9.46. The molecule has 10 nitrogen and oxygen atoms in total. The molecule has 0 saturated carbocycles. The molecule has 36 heavy (non-hydrogen) atoms. The third-order valence-corrected chi connectivity index (χ3v) is 6.85. The first kappa shape index (κ1) is 25.5. The van der Waals surface area contributed by atoms with E-state index in [-0.39, 0.29) is 18.4 Å². The number of amides is 1. The van der Waals surface area contributed by atoms with Gasteiger partial charge >= 0.3 is 0 Å². The molecule has 1 aromatic heterocycles. The first-order chi connectivity index (χ1) is 17.6. The molecule has 1 amide bonds. The van der Waals surface area contributed by atoms with E-state index in [1.807, 2.05) is 18.1 Å². The lowest BCUT2D eigenvalue weighted by atomic mass is 9.89. The van der Waals surface area contributed by atoms with Crippen molar-refractivity contribution in [3.05, 3.63) is 42.2 Å². The van der Waals surface area contributed by atoms with Crippen LogP contribution in [0.5, 0.6) is 0 Å². The predicted molar refractivity (Wildman–Crippen MR) is 138 cm³/mol. The van der Waals surface area contributed by atoms with Crippen LogP contribution in [0.2, 0.25) is 0 Å². The van der Waals surface area contributed by atoms with Crippen molar-refractivity contribution in [2.24, 2.45) is 0 Å². The van der Waals surface area contributed by atoms with E-state index >= 15 is 0 Å². The number of piperidine rings is 2. The van der Waals surface area contributed by atoms with E-state index in [1.165, 1.54) is 5.56 Å². The average molecular weight is 491 g/mol. The minimum absolute atomic E-state index is 0.0386. The van der Waals surface area contributed by atoms with Crippen LogP contribution >= 0.6 is 0 Å². The molecule has 10 heteroatoms. The normalized spacial score (nSPS) is 18.6. The third kappa shape index (κ3) is 6.77. The fourth-order valence-corrected chi connectivity index (χ4v) is 4.96. The zero-order valence-corrected chi connectivity index (χ0v) is 20.8. The molecule has 2 N–H and O–H groups in total. The van der Waals surface area contributed by atoms with Gasteiger partial charge in [0.1, 0.15) is 18.5 Å². The number of hydrazine groups is 1. The van der Waals surface area contributed by atoms with E-state index in [9.17, 15) is 9.59 Å². The number of carbonyl (C=O) groups excluding carboxylic acids is 2. The average Bonchev–Trinajstić information content (AvgIpc) is 2.90. The van der Waals surface area contributed by atoms with Crippen molar-refractivity contribution in [3.8, 4) is 6.07 Å². The summed E-state index contributed by atoms with van der Waals surface area (Å²) in [6.07, 6.45) is 8.28. The number of nitrogens with zero attached hydrogens (tertiary/aromatic N) is 6. The summed E-state index contributed by atoms with van der Waals surface area (Å²) in [5, 5.41) is 13.9. The van der Waals surface area contributed by atoms with Gasteiger partial charge in [-0.25, -0.2) is 9.99 Å². The summed E-state index contributed by atoms with van der Waals surface area (Å²) in [5.74, 6) is 1.87. The van der Waals surface area contributed by atoms with Gasteiger partial charge in [-0.3, -0.25) is 15.2 Å². The van der Waals surface area contributed by atoms with Gasteiger partial charge < -0.3 is 19.9 Å². The minimum Gasteiger partial charge on any atom is -0.354 e. The summed E-state index contributed by atoms with van der Waals surface area (Å²) >= 11 is 0. The number of benzene rings is 1. The highest BCUT2D eigenvalue weighted by atomic mass is 16.2. The fraction of sp³-hybridized carbons (Fsp3) is 0.500. The molecule has 0 aliphatic carbocycles. The summed E-state index contributed by atoms with van der Waals surface area (Å²) in [6.45, 7) is 3.48. The molecular weight excluding hydrogens is 456 g/mol. The number of anilines is 3. The molecule has 1 atom stereocenters. The Hall–Kier alpha value is -3.55. The molecule has 4 rings (SSSR count). The van der Waals surface area contributed by atoms with E-state index in [0.717, 1.165) is 56.6 Å². The Balaban J connectivity index is 1.32. The summed E-state index contributed by atoms with van der Waals surface area (Å²) in [5.41, 5.74) is 5.59. The molecule has 0 spiro atoms. The van der Waals surface area contributed by atoms with Gasteiger partial charge in [-0.1, -0.05) is 12.1 Å². The number of likely N-dealkylation sites (tertiary alicyclic amines) is 1. The molecular formula is C26H34N8O2. The van der Waals surface area contributed by atoms with Crippen LogP contribution in [0.25, 0.3) is 0 Å². The zero-order valence-electron chi connectivity index (χ0n) is 20.8. The maximum absolute atomic E-state index is 11.9. The molecule has 2 aromatic rings. The third-order valence-electron chi connectivity index (χ3n) is 6.85. The fourth-order valence-electron chi connectivity index (χ4n) is 4.96. The van der Waals surface area contributed by atoms with Gasteiger partial charge in [0.2, 0.25) is 5.91 Å². The van der Waals surface area contributed by atoms with E-state index < -0.39 is 0 Å².